The van der Waals surface area contributed by atoms with E-state index in [0.717, 1.165) is 23.6 Å². The maximum Gasteiger partial charge on any atom is 0.407 e. The number of rotatable bonds is 4. The summed E-state index contributed by atoms with van der Waals surface area (Å²) < 4.78 is 33.4. The minimum atomic E-state index is -3.64. The predicted octanol–water partition coefficient (Wildman–Crippen LogP) is 3.91. The third-order valence-electron chi connectivity index (χ3n) is 4.78. The SMILES string of the molecule is CC(C)(C)OC(=O)NCC1CCCCN1S(=O)(=O)c1ccc2ccccc2c1. The highest BCUT2D eigenvalue weighted by Gasteiger charge is 2.34. The first-order valence-electron chi connectivity index (χ1n) is 9.64. The van der Waals surface area contributed by atoms with Crippen LogP contribution in [0.15, 0.2) is 47.4 Å². The van der Waals surface area contributed by atoms with Crippen LogP contribution in [0.3, 0.4) is 0 Å². The Morgan fingerprint density at radius 2 is 1.86 bits per heavy atom. The van der Waals surface area contributed by atoms with Crippen LogP contribution >= 0.6 is 0 Å². The number of piperidine rings is 1. The number of fused-ring (bicyclic) bond motifs is 1. The van der Waals surface area contributed by atoms with Gasteiger partial charge in [-0.15, -0.1) is 0 Å². The van der Waals surface area contributed by atoms with E-state index in [-0.39, 0.29) is 17.5 Å². The lowest BCUT2D eigenvalue weighted by atomic mass is 10.1. The molecule has 1 unspecified atom stereocenters. The van der Waals surface area contributed by atoms with Crippen LogP contribution in [0.1, 0.15) is 40.0 Å². The molecule has 6 nitrogen and oxygen atoms in total. The summed E-state index contributed by atoms with van der Waals surface area (Å²) in [5.74, 6) is 0. The van der Waals surface area contributed by atoms with Crippen LogP contribution in [0.25, 0.3) is 10.8 Å². The predicted molar refractivity (Wildman–Crippen MR) is 110 cm³/mol. The van der Waals surface area contributed by atoms with Crippen molar-refractivity contribution in [1.82, 2.24) is 9.62 Å². The van der Waals surface area contributed by atoms with E-state index in [2.05, 4.69) is 5.32 Å². The molecular weight excluding hydrogens is 376 g/mol. The van der Waals surface area contributed by atoms with Crippen LogP contribution in [0.5, 0.6) is 0 Å². The average molecular weight is 405 g/mol. The van der Waals surface area contributed by atoms with Crippen LogP contribution in [-0.4, -0.2) is 43.5 Å². The summed E-state index contributed by atoms with van der Waals surface area (Å²) in [5, 5.41) is 4.62. The lowest BCUT2D eigenvalue weighted by Crippen LogP contribution is -2.49. The van der Waals surface area contributed by atoms with E-state index >= 15 is 0 Å². The fourth-order valence-corrected chi connectivity index (χ4v) is 5.20. The largest absolute Gasteiger partial charge is 0.444 e. The highest BCUT2D eigenvalue weighted by atomic mass is 32.2. The maximum absolute atomic E-state index is 13.3. The van der Waals surface area contributed by atoms with E-state index in [1.165, 1.54) is 4.31 Å². The highest BCUT2D eigenvalue weighted by Crippen LogP contribution is 2.27. The number of alkyl carbamates (subject to hydrolysis) is 1. The van der Waals surface area contributed by atoms with Gasteiger partial charge in [0.25, 0.3) is 0 Å². The minimum Gasteiger partial charge on any atom is -0.444 e. The molecule has 0 saturated carbocycles. The molecule has 28 heavy (non-hydrogen) atoms. The number of ether oxygens (including phenoxy) is 1. The smallest absolute Gasteiger partial charge is 0.407 e. The van der Waals surface area contributed by atoms with Gasteiger partial charge in [-0.2, -0.15) is 4.31 Å². The zero-order valence-electron chi connectivity index (χ0n) is 16.6. The van der Waals surface area contributed by atoms with E-state index in [9.17, 15) is 13.2 Å². The number of carbonyl (C=O) groups is 1. The number of nitrogens with one attached hydrogen (secondary N) is 1. The first-order chi connectivity index (χ1) is 13.2. The fraction of sp³-hybridized carbons (Fsp3) is 0.476. The zero-order chi connectivity index (χ0) is 20.4. The molecule has 2 aromatic carbocycles. The van der Waals surface area contributed by atoms with Crippen molar-refractivity contribution in [3.63, 3.8) is 0 Å². The average Bonchev–Trinajstić information content (AvgIpc) is 2.65. The van der Waals surface area contributed by atoms with Crippen LogP contribution in [-0.2, 0) is 14.8 Å². The molecular formula is C21H28N2O4S. The third-order valence-corrected chi connectivity index (χ3v) is 6.73. The summed E-state index contributed by atoms with van der Waals surface area (Å²) in [4.78, 5) is 12.3. The van der Waals surface area contributed by atoms with Gasteiger partial charge in [-0.25, -0.2) is 13.2 Å². The van der Waals surface area contributed by atoms with Gasteiger partial charge < -0.3 is 10.1 Å². The van der Waals surface area contributed by atoms with Crippen molar-refractivity contribution in [2.24, 2.45) is 0 Å². The molecule has 1 amide bonds. The minimum absolute atomic E-state index is 0.238. The summed E-state index contributed by atoms with van der Waals surface area (Å²) >= 11 is 0. The van der Waals surface area contributed by atoms with Crippen LogP contribution in [0.4, 0.5) is 4.79 Å². The molecule has 1 atom stereocenters. The molecule has 1 fully saturated rings. The number of amides is 1. The molecule has 0 aromatic heterocycles. The van der Waals surface area contributed by atoms with Crippen molar-refractivity contribution in [1.29, 1.82) is 0 Å². The molecule has 1 saturated heterocycles. The number of carbonyl (C=O) groups excluding carboxylic acids is 1. The number of benzene rings is 2. The summed E-state index contributed by atoms with van der Waals surface area (Å²) in [5.41, 5.74) is -0.590. The summed E-state index contributed by atoms with van der Waals surface area (Å²) in [6, 6.07) is 12.6. The van der Waals surface area contributed by atoms with Gasteiger partial charge in [0, 0.05) is 19.1 Å². The number of hydrogen-bond donors (Lipinski definition) is 1. The standard InChI is InChI=1S/C21H28N2O4S/c1-21(2,3)27-20(24)22-15-18-10-6-7-13-23(18)28(25,26)19-12-11-16-8-4-5-9-17(16)14-19/h4-5,8-9,11-12,14,18H,6-7,10,13,15H2,1-3H3,(H,22,24). The number of nitrogens with zero attached hydrogens (tertiary/aromatic N) is 1. The van der Waals surface area contributed by atoms with Gasteiger partial charge in [0.1, 0.15) is 5.60 Å². The van der Waals surface area contributed by atoms with Gasteiger partial charge in [0.15, 0.2) is 0 Å². The number of sulfonamides is 1. The van der Waals surface area contributed by atoms with Gasteiger partial charge in [-0.3, -0.25) is 0 Å². The molecule has 3 rings (SSSR count). The Morgan fingerprint density at radius 1 is 1.14 bits per heavy atom. The van der Waals surface area contributed by atoms with Crippen molar-refractivity contribution in [2.75, 3.05) is 13.1 Å². The Balaban J connectivity index is 1.78. The Hall–Kier alpha value is -2.12. The second-order valence-electron chi connectivity index (χ2n) is 8.16. The van der Waals surface area contributed by atoms with E-state index in [4.69, 9.17) is 4.74 Å². The number of hydrogen-bond acceptors (Lipinski definition) is 4. The van der Waals surface area contributed by atoms with E-state index in [0.29, 0.717) is 13.0 Å². The molecule has 0 bridgehead atoms. The molecule has 1 N–H and O–H groups in total. The normalized spacial score (nSPS) is 18.8. The fourth-order valence-electron chi connectivity index (χ4n) is 3.47. The van der Waals surface area contributed by atoms with E-state index < -0.39 is 21.7 Å². The Bertz CT molecular complexity index is 950. The summed E-state index contributed by atoms with van der Waals surface area (Å²) in [7, 11) is -3.64. The lowest BCUT2D eigenvalue weighted by Gasteiger charge is -2.35. The second-order valence-corrected chi connectivity index (χ2v) is 10.0. The Kier molecular flexibility index (Phi) is 5.95. The zero-order valence-corrected chi connectivity index (χ0v) is 17.5. The van der Waals surface area contributed by atoms with Crippen LogP contribution in [0.2, 0.25) is 0 Å². The Morgan fingerprint density at radius 3 is 2.57 bits per heavy atom. The highest BCUT2D eigenvalue weighted by molar-refractivity contribution is 7.89. The van der Waals surface area contributed by atoms with Gasteiger partial charge in [-0.1, -0.05) is 36.8 Å². The lowest BCUT2D eigenvalue weighted by molar-refractivity contribution is 0.0512. The molecule has 152 valence electrons. The van der Waals surface area contributed by atoms with Crippen molar-refractivity contribution < 1.29 is 17.9 Å². The summed E-state index contributed by atoms with van der Waals surface area (Å²) in [6.07, 6.45) is 1.93. The molecule has 1 aliphatic heterocycles. The van der Waals surface area contributed by atoms with Crippen molar-refractivity contribution in [2.45, 2.75) is 56.6 Å². The molecule has 7 heteroatoms. The first kappa shape index (κ1) is 20.6. The summed E-state index contributed by atoms with van der Waals surface area (Å²) in [6.45, 7) is 6.08. The molecule has 0 aliphatic carbocycles. The van der Waals surface area contributed by atoms with E-state index in [1.54, 1.807) is 32.9 Å². The first-order valence-corrected chi connectivity index (χ1v) is 11.1. The van der Waals surface area contributed by atoms with Gasteiger partial charge in [0.2, 0.25) is 10.0 Å². The topological polar surface area (TPSA) is 75.7 Å². The molecule has 1 heterocycles. The van der Waals surface area contributed by atoms with Gasteiger partial charge in [0.05, 0.1) is 4.90 Å². The monoisotopic (exact) mass is 404 g/mol. The van der Waals surface area contributed by atoms with Gasteiger partial charge in [-0.05, 0) is 56.5 Å². The molecule has 0 radical (unpaired) electrons. The van der Waals surface area contributed by atoms with Crippen LogP contribution < -0.4 is 5.32 Å². The van der Waals surface area contributed by atoms with Crippen molar-refractivity contribution >= 4 is 26.9 Å². The molecule has 1 aliphatic rings. The molecule has 2 aromatic rings. The Labute approximate surface area is 166 Å². The van der Waals surface area contributed by atoms with Crippen molar-refractivity contribution in [3.05, 3.63) is 42.5 Å². The second kappa shape index (κ2) is 8.09. The molecule has 0 spiro atoms. The maximum atomic E-state index is 13.3. The van der Waals surface area contributed by atoms with Crippen molar-refractivity contribution in [3.8, 4) is 0 Å². The van der Waals surface area contributed by atoms with Gasteiger partial charge >= 0.3 is 6.09 Å². The van der Waals surface area contributed by atoms with Crippen LogP contribution in [0, 0.1) is 0 Å². The third kappa shape index (κ3) is 4.83. The quantitative estimate of drug-likeness (QED) is 0.838. The van der Waals surface area contributed by atoms with E-state index in [1.807, 2.05) is 30.3 Å².